The smallest absolute Gasteiger partial charge is 0.0991 e. The highest BCUT2D eigenvalue weighted by Crippen LogP contribution is 2.23. The summed E-state index contributed by atoms with van der Waals surface area (Å²) in [5.41, 5.74) is 9.72. The zero-order valence-electron chi connectivity index (χ0n) is 8.85. The third kappa shape index (κ3) is 1.95. The van der Waals surface area contributed by atoms with Gasteiger partial charge in [-0.3, -0.25) is 0 Å². The van der Waals surface area contributed by atoms with Gasteiger partial charge >= 0.3 is 0 Å². The molecule has 0 aliphatic carbocycles. The van der Waals surface area contributed by atoms with Gasteiger partial charge in [0.05, 0.1) is 11.6 Å². The molecule has 0 unspecified atom stereocenters. The molecule has 0 amide bonds. The average Bonchev–Trinajstić information content (AvgIpc) is 2.39. The van der Waals surface area contributed by atoms with Crippen molar-refractivity contribution in [2.45, 2.75) is 6.54 Å². The molecule has 0 saturated heterocycles. The van der Waals surface area contributed by atoms with Gasteiger partial charge in [0.2, 0.25) is 0 Å². The predicted molar refractivity (Wildman–Crippen MR) is 64.5 cm³/mol. The minimum atomic E-state index is 0.524. The van der Waals surface area contributed by atoms with Crippen LogP contribution < -0.4 is 5.73 Å². The maximum atomic E-state index is 8.73. The normalized spacial score (nSPS) is 9.75. The van der Waals surface area contributed by atoms with Crippen molar-refractivity contribution >= 4 is 0 Å². The standard InChI is InChI=1S/C14H12N2/c15-9-11-5-7-12(8-6-11)14-4-2-1-3-13(14)10-16/h1-8H,10,16H2. The van der Waals surface area contributed by atoms with E-state index in [1.807, 2.05) is 48.5 Å². The molecule has 0 spiro atoms. The molecule has 2 rings (SSSR count). The van der Waals surface area contributed by atoms with Crippen molar-refractivity contribution < 1.29 is 0 Å². The van der Waals surface area contributed by atoms with Crippen LogP contribution in [0.25, 0.3) is 11.1 Å². The minimum absolute atomic E-state index is 0.524. The fraction of sp³-hybridized carbons (Fsp3) is 0.0714. The van der Waals surface area contributed by atoms with Gasteiger partial charge in [-0.05, 0) is 28.8 Å². The Labute approximate surface area is 95.0 Å². The summed E-state index contributed by atoms with van der Waals surface area (Å²) in [6.07, 6.45) is 0. The van der Waals surface area contributed by atoms with Gasteiger partial charge in [0, 0.05) is 6.54 Å². The summed E-state index contributed by atoms with van der Waals surface area (Å²) in [7, 11) is 0. The average molecular weight is 208 g/mol. The fourth-order valence-corrected chi connectivity index (χ4v) is 1.70. The van der Waals surface area contributed by atoms with Crippen molar-refractivity contribution in [1.29, 1.82) is 5.26 Å². The summed E-state index contributed by atoms with van der Waals surface area (Å²) in [5.74, 6) is 0. The first-order valence-electron chi connectivity index (χ1n) is 5.13. The number of rotatable bonds is 2. The van der Waals surface area contributed by atoms with E-state index in [4.69, 9.17) is 11.0 Å². The fourth-order valence-electron chi connectivity index (χ4n) is 1.70. The Hall–Kier alpha value is -2.11. The molecule has 2 aromatic carbocycles. The first-order chi connectivity index (χ1) is 7.85. The first-order valence-corrected chi connectivity index (χ1v) is 5.13. The Morgan fingerprint density at radius 2 is 1.69 bits per heavy atom. The van der Waals surface area contributed by atoms with Crippen LogP contribution in [0.5, 0.6) is 0 Å². The van der Waals surface area contributed by atoms with Gasteiger partial charge in [-0.25, -0.2) is 0 Å². The molecular weight excluding hydrogens is 196 g/mol. The van der Waals surface area contributed by atoms with Gasteiger partial charge in [0.25, 0.3) is 0 Å². The first kappa shape index (κ1) is 10.4. The molecule has 78 valence electrons. The maximum absolute atomic E-state index is 8.73. The van der Waals surface area contributed by atoms with Crippen LogP contribution in [0, 0.1) is 11.3 Å². The lowest BCUT2D eigenvalue weighted by Gasteiger charge is -2.07. The third-order valence-corrected chi connectivity index (χ3v) is 2.56. The summed E-state index contributed by atoms with van der Waals surface area (Å²) in [5, 5.41) is 8.73. The topological polar surface area (TPSA) is 49.8 Å². The van der Waals surface area contributed by atoms with Crippen LogP contribution in [0.15, 0.2) is 48.5 Å². The number of nitrogens with two attached hydrogens (primary N) is 1. The SMILES string of the molecule is N#Cc1ccc(-c2ccccc2CN)cc1. The number of nitrogens with zero attached hydrogens (tertiary/aromatic N) is 1. The molecule has 0 fully saturated rings. The Kier molecular flexibility index (Phi) is 3.00. The van der Waals surface area contributed by atoms with Gasteiger partial charge < -0.3 is 5.73 Å². The molecule has 16 heavy (non-hydrogen) atoms. The molecular formula is C14H12N2. The van der Waals surface area contributed by atoms with Gasteiger partial charge in [-0.2, -0.15) is 5.26 Å². The molecule has 0 saturated carbocycles. The highest BCUT2D eigenvalue weighted by molar-refractivity contribution is 5.67. The molecule has 2 N–H and O–H groups in total. The van der Waals surface area contributed by atoms with E-state index in [0.29, 0.717) is 12.1 Å². The van der Waals surface area contributed by atoms with Gasteiger partial charge in [0.15, 0.2) is 0 Å². The molecule has 0 atom stereocenters. The van der Waals surface area contributed by atoms with Crippen LogP contribution in [0.3, 0.4) is 0 Å². The van der Waals surface area contributed by atoms with Crippen molar-refractivity contribution in [3.05, 3.63) is 59.7 Å². The molecule has 0 aliphatic rings. The third-order valence-electron chi connectivity index (χ3n) is 2.56. The van der Waals surface area contributed by atoms with Crippen molar-refractivity contribution in [3.63, 3.8) is 0 Å². The van der Waals surface area contributed by atoms with E-state index in [0.717, 1.165) is 16.7 Å². The van der Waals surface area contributed by atoms with Crippen molar-refractivity contribution in [2.24, 2.45) is 5.73 Å². The zero-order chi connectivity index (χ0) is 11.4. The Balaban J connectivity index is 2.47. The van der Waals surface area contributed by atoms with E-state index in [-0.39, 0.29) is 0 Å². The number of hydrogen-bond donors (Lipinski definition) is 1. The number of benzene rings is 2. The highest BCUT2D eigenvalue weighted by atomic mass is 14.5. The van der Waals surface area contributed by atoms with E-state index in [1.165, 1.54) is 0 Å². The van der Waals surface area contributed by atoms with Crippen LogP contribution in [0.2, 0.25) is 0 Å². The van der Waals surface area contributed by atoms with Crippen molar-refractivity contribution in [3.8, 4) is 17.2 Å². The second-order valence-electron chi connectivity index (χ2n) is 3.55. The molecule has 0 radical (unpaired) electrons. The maximum Gasteiger partial charge on any atom is 0.0991 e. The second kappa shape index (κ2) is 4.61. The van der Waals surface area contributed by atoms with Crippen LogP contribution in [0.4, 0.5) is 0 Å². The lowest BCUT2D eigenvalue weighted by atomic mass is 9.99. The quantitative estimate of drug-likeness (QED) is 0.824. The van der Waals surface area contributed by atoms with E-state index >= 15 is 0 Å². The van der Waals surface area contributed by atoms with Gasteiger partial charge in [-0.1, -0.05) is 36.4 Å². The van der Waals surface area contributed by atoms with Crippen LogP contribution >= 0.6 is 0 Å². The van der Waals surface area contributed by atoms with E-state index in [1.54, 1.807) is 0 Å². The summed E-state index contributed by atoms with van der Waals surface area (Å²) in [6.45, 7) is 0.524. The van der Waals surface area contributed by atoms with Crippen molar-refractivity contribution in [2.75, 3.05) is 0 Å². The molecule has 0 heterocycles. The van der Waals surface area contributed by atoms with Gasteiger partial charge in [-0.15, -0.1) is 0 Å². The predicted octanol–water partition coefficient (Wildman–Crippen LogP) is 2.68. The minimum Gasteiger partial charge on any atom is -0.326 e. The van der Waals surface area contributed by atoms with E-state index in [2.05, 4.69) is 6.07 Å². The zero-order valence-corrected chi connectivity index (χ0v) is 8.85. The molecule has 0 aliphatic heterocycles. The Morgan fingerprint density at radius 3 is 2.31 bits per heavy atom. The van der Waals surface area contributed by atoms with E-state index < -0.39 is 0 Å². The largest absolute Gasteiger partial charge is 0.326 e. The summed E-state index contributed by atoms with van der Waals surface area (Å²) < 4.78 is 0. The lowest BCUT2D eigenvalue weighted by molar-refractivity contribution is 1.07. The molecule has 2 aromatic rings. The van der Waals surface area contributed by atoms with Crippen LogP contribution in [-0.4, -0.2) is 0 Å². The summed E-state index contributed by atoms with van der Waals surface area (Å²) >= 11 is 0. The van der Waals surface area contributed by atoms with Crippen LogP contribution in [0.1, 0.15) is 11.1 Å². The Bertz CT molecular complexity index is 521. The van der Waals surface area contributed by atoms with Gasteiger partial charge in [0.1, 0.15) is 0 Å². The molecule has 0 aromatic heterocycles. The molecule has 2 nitrogen and oxygen atoms in total. The monoisotopic (exact) mass is 208 g/mol. The molecule has 0 bridgehead atoms. The molecule has 2 heteroatoms. The van der Waals surface area contributed by atoms with Crippen LogP contribution in [-0.2, 0) is 6.54 Å². The summed E-state index contributed by atoms with van der Waals surface area (Å²) in [4.78, 5) is 0. The highest BCUT2D eigenvalue weighted by Gasteiger charge is 2.02. The van der Waals surface area contributed by atoms with E-state index in [9.17, 15) is 0 Å². The number of hydrogen-bond acceptors (Lipinski definition) is 2. The second-order valence-corrected chi connectivity index (χ2v) is 3.55. The summed E-state index contributed by atoms with van der Waals surface area (Å²) in [6, 6.07) is 17.7. The number of nitriles is 1. The lowest BCUT2D eigenvalue weighted by Crippen LogP contribution is -1.98. The van der Waals surface area contributed by atoms with Crippen molar-refractivity contribution in [1.82, 2.24) is 0 Å². The Morgan fingerprint density at radius 1 is 1.00 bits per heavy atom.